The Morgan fingerprint density at radius 3 is 2.50 bits per heavy atom. The average molecular weight is 389 g/mol. The van der Waals surface area contributed by atoms with Gasteiger partial charge in [-0.3, -0.25) is 4.79 Å². The van der Waals surface area contributed by atoms with Gasteiger partial charge >= 0.3 is 0 Å². The standard InChI is InChI=1S/C19H17ClN2O3S/c1-24-16-8-4-14(5-9-16)21-18(23)10-15-12-26-19(22-15)11-25-17-6-2-13(20)3-7-17/h2-9,12H,10-11H2,1H3,(H,21,23). The second-order valence-corrected chi connectivity index (χ2v) is 6.81. The Balaban J connectivity index is 1.50. The highest BCUT2D eigenvalue weighted by atomic mass is 35.5. The number of rotatable bonds is 7. The minimum atomic E-state index is -0.120. The number of ether oxygens (including phenoxy) is 2. The first-order chi connectivity index (χ1) is 12.6. The van der Waals surface area contributed by atoms with E-state index >= 15 is 0 Å². The van der Waals surface area contributed by atoms with Crippen molar-refractivity contribution in [3.05, 3.63) is 69.6 Å². The molecule has 1 amide bonds. The Morgan fingerprint density at radius 1 is 1.12 bits per heavy atom. The molecule has 0 aliphatic heterocycles. The van der Waals surface area contributed by atoms with Gasteiger partial charge < -0.3 is 14.8 Å². The molecule has 0 saturated carbocycles. The molecule has 3 rings (SSSR count). The number of anilines is 1. The number of benzene rings is 2. The number of methoxy groups -OCH3 is 1. The first-order valence-corrected chi connectivity index (χ1v) is 9.14. The predicted molar refractivity (Wildman–Crippen MR) is 103 cm³/mol. The molecule has 7 heteroatoms. The molecule has 0 fully saturated rings. The van der Waals surface area contributed by atoms with Crippen LogP contribution in [0.2, 0.25) is 5.02 Å². The number of aromatic nitrogens is 1. The van der Waals surface area contributed by atoms with Crippen LogP contribution >= 0.6 is 22.9 Å². The van der Waals surface area contributed by atoms with Gasteiger partial charge in [0.15, 0.2) is 0 Å². The zero-order valence-electron chi connectivity index (χ0n) is 14.1. The smallest absolute Gasteiger partial charge is 0.230 e. The van der Waals surface area contributed by atoms with Crippen molar-refractivity contribution in [2.75, 3.05) is 12.4 Å². The number of thiazole rings is 1. The number of carbonyl (C=O) groups excluding carboxylic acids is 1. The van der Waals surface area contributed by atoms with E-state index in [9.17, 15) is 4.79 Å². The van der Waals surface area contributed by atoms with E-state index in [-0.39, 0.29) is 12.3 Å². The molecule has 1 heterocycles. The van der Waals surface area contributed by atoms with E-state index in [1.807, 2.05) is 5.38 Å². The van der Waals surface area contributed by atoms with Crippen LogP contribution in [-0.4, -0.2) is 18.0 Å². The topological polar surface area (TPSA) is 60.5 Å². The fraction of sp³-hybridized carbons (Fsp3) is 0.158. The van der Waals surface area contributed by atoms with Crippen LogP contribution in [0.5, 0.6) is 11.5 Å². The van der Waals surface area contributed by atoms with Gasteiger partial charge in [-0.2, -0.15) is 0 Å². The van der Waals surface area contributed by atoms with Crippen molar-refractivity contribution in [2.45, 2.75) is 13.0 Å². The normalized spacial score (nSPS) is 10.4. The van der Waals surface area contributed by atoms with E-state index < -0.39 is 0 Å². The monoisotopic (exact) mass is 388 g/mol. The summed E-state index contributed by atoms with van der Waals surface area (Å²) < 4.78 is 10.8. The maximum Gasteiger partial charge on any atom is 0.230 e. The first-order valence-electron chi connectivity index (χ1n) is 7.88. The van der Waals surface area contributed by atoms with Crippen LogP contribution in [0.4, 0.5) is 5.69 Å². The molecular formula is C19H17ClN2O3S. The number of carbonyl (C=O) groups is 1. The highest BCUT2D eigenvalue weighted by molar-refractivity contribution is 7.09. The second kappa shape index (κ2) is 8.69. The van der Waals surface area contributed by atoms with Gasteiger partial charge in [0.1, 0.15) is 23.1 Å². The lowest BCUT2D eigenvalue weighted by molar-refractivity contribution is -0.115. The number of nitrogens with zero attached hydrogens (tertiary/aromatic N) is 1. The Bertz CT molecular complexity index is 863. The van der Waals surface area contributed by atoms with Crippen LogP contribution in [0.1, 0.15) is 10.7 Å². The van der Waals surface area contributed by atoms with E-state index in [2.05, 4.69) is 10.3 Å². The third kappa shape index (κ3) is 5.21. The Morgan fingerprint density at radius 2 is 1.81 bits per heavy atom. The molecule has 1 N–H and O–H groups in total. The molecule has 0 radical (unpaired) electrons. The summed E-state index contributed by atoms with van der Waals surface area (Å²) in [7, 11) is 1.60. The number of nitrogens with one attached hydrogen (secondary N) is 1. The highest BCUT2D eigenvalue weighted by Gasteiger charge is 2.09. The lowest BCUT2D eigenvalue weighted by Gasteiger charge is -2.05. The fourth-order valence-electron chi connectivity index (χ4n) is 2.22. The Hall–Kier alpha value is -2.57. The summed E-state index contributed by atoms with van der Waals surface area (Å²) in [5.41, 5.74) is 1.44. The van der Waals surface area contributed by atoms with Gasteiger partial charge in [-0.1, -0.05) is 11.6 Å². The van der Waals surface area contributed by atoms with Crippen molar-refractivity contribution in [1.29, 1.82) is 0 Å². The van der Waals surface area contributed by atoms with Crippen LogP contribution in [-0.2, 0) is 17.8 Å². The van der Waals surface area contributed by atoms with Gasteiger partial charge in [0.25, 0.3) is 0 Å². The number of halogens is 1. The van der Waals surface area contributed by atoms with Gasteiger partial charge in [0.05, 0.1) is 19.2 Å². The quantitative estimate of drug-likeness (QED) is 0.644. The summed E-state index contributed by atoms with van der Waals surface area (Å²) in [6.07, 6.45) is 0.212. The van der Waals surface area contributed by atoms with Crippen molar-refractivity contribution < 1.29 is 14.3 Å². The van der Waals surface area contributed by atoms with Crippen LogP contribution in [0, 0.1) is 0 Å². The molecule has 5 nitrogen and oxygen atoms in total. The van der Waals surface area contributed by atoms with Crippen LogP contribution in [0.25, 0.3) is 0 Å². The molecule has 0 aliphatic rings. The molecular weight excluding hydrogens is 372 g/mol. The summed E-state index contributed by atoms with van der Waals surface area (Å²) in [5.74, 6) is 1.35. The molecule has 2 aromatic carbocycles. The van der Waals surface area contributed by atoms with Gasteiger partial charge in [0.2, 0.25) is 5.91 Å². The second-order valence-electron chi connectivity index (χ2n) is 5.43. The SMILES string of the molecule is COc1ccc(NC(=O)Cc2csc(COc3ccc(Cl)cc3)n2)cc1. The fourth-order valence-corrected chi connectivity index (χ4v) is 3.05. The minimum absolute atomic E-state index is 0.120. The summed E-state index contributed by atoms with van der Waals surface area (Å²) in [6.45, 7) is 0.354. The van der Waals surface area contributed by atoms with Gasteiger partial charge in [-0.15, -0.1) is 11.3 Å². The Kier molecular flexibility index (Phi) is 6.09. The highest BCUT2D eigenvalue weighted by Crippen LogP contribution is 2.19. The van der Waals surface area contributed by atoms with Crippen molar-refractivity contribution in [3.63, 3.8) is 0 Å². The minimum Gasteiger partial charge on any atom is -0.497 e. The lowest BCUT2D eigenvalue weighted by atomic mass is 10.2. The molecule has 26 heavy (non-hydrogen) atoms. The molecule has 0 atom stereocenters. The average Bonchev–Trinajstić information content (AvgIpc) is 3.09. The van der Waals surface area contributed by atoms with Crippen LogP contribution < -0.4 is 14.8 Å². The largest absolute Gasteiger partial charge is 0.497 e. The molecule has 0 aliphatic carbocycles. The van der Waals surface area contributed by atoms with E-state index in [0.29, 0.717) is 11.6 Å². The Labute approximate surface area is 160 Å². The summed E-state index contributed by atoms with van der Waals surface area (Å²) in [5, 5.41) is 6.19. The lowest BCUT2D eigenvalue weighted by Crippen LogP contribution is -2.14. The predicted octanol–water partition coefficient (Wildman–Crippen LogP) is 4.57. The van der Waals surface area contributed by atoms with Gasteiger partial charge in [-0.25, -0.2) is 4.98 Å². The molecule has 3 aromatic rings. The molecule has 1 aromatic heterocycles. The zero-order valence-corrected chi connectivity index (χ0v) is 15.6. The third-order valence-corrected chi connectivity index (χ3v) is 4.61. The first kappa shape index (κ1) is 18.2. The van der Waals surface area contributed by atoms with E-state index in [0.717, 1.165) is 27.9 Å². The van der Waals surface area contributed by atoms with Crippen molar-refractivity contribution in [2.24, 2.45) is 0 Å². The molecule has 0 spiro atoms. The molecule has 0 unspecified atom stereocenters. The number of hydrogen-bond acceptors (Lipinski definition) is 5. The van der Waals surface area contributed by atoms with Crippen molar-refractivity contribution in [3.8, 4) is 11.5 Å². The van der Waals surface area contributed by atoms with Gasteiger partial charge in [0, 0.05) is 16.1 Å². The van der Waals surface area contributed by atoms with Crippen LogP contribution in [0.3, 0.4) is 0 Å². The third-order valence-electron chi connectivity index (χ3n) is 3.49. The summed E-state index contributed by atoms with van der Waals surface area (Å²) >= 11 is 7.31. The number of hydrogen-bond donors (Lipinski definition) is 1. The summed E-state index contributed by atoms with van der Waals surface area (Å²) in [4.78, 5) is 16.6. The van der Waals surface area contributed by atoms with Crippen LogP contribution in [0.15, 0.2) is 53.9 Å². The number of amides is 1. The van der Waals surface area contributed by atoms with Crippen molar-refractivity contribution >= 4 is 34.5 Å². The molecule has 0 saturated heterocycles. The van der Waals surface area contributed by atoms with E-state index in [1.54, 1.807) is 55.6 Å². The zero-order chi connectivity index (χ0) is 18.4. The summed E-state index contributed by atoms with van der Waals surface area (Å²) in [6, 6.07) is 14.3. The van der Waals surface area contributed by atoms with Crippen molar-refractivity contribution in [1.82, 2.24) is 4.98 Å². The molecule has 134 valence electrons. The maximum atomic E-state index is 12.1. The van der Waals surface area contributed by atoms with E-state index in [4.69, 9.17) is 21.1 Å². The molecule has 0 bridgehead atoms. The van der Waals surface area contributed by atoms with Gasteiger partial charge in [-0.05, 0) is 48.5 Å². The van der Waals surface area contributed by atoms with E-state index in [1.165, 1.54) is 11.3 Å². The maximum absolute atomic E-state index is 12.1.